The van der Waals surface area contributed by atoms with Crippen molar-refractivity contribution >= 4 is 45.8 Å². The van der Waals surface area contributed by atoms with Crippen LogP contribution >= 0.6 is 22.9 Å². The van der Waals surface area contributed by atoms with Crippen LogP contribution in [0.4, 0.5) is 9.80 Å². The molecule has 0 unspecified atom stereocenters. The fraction of sp³-hybridized carbons (Fsp3) is 0.278. The van der Waals surface area contributed by atoms with Crippen molar-refractivity contribution in [3.63, 3.8) is 0 Å². The maximum Gasteiger partial charge on any atom is 0.410 e. The van der Waals surface area contributed by atoms with Gasteiger partial charge < -0.3 is 20.7 Å². The Labute approximate surface area is 165 Å². The Bertz CT molecular complexity index is 912. The highest BCUT2D eigenvalue weighted by atomic mass is 35.5. The van der Waals surface area contributed by atoms with Gasteiger partial charge in [-0.25, -0.2) is 4.79 Å². The summed E-state index contributed by atoms with van der Waals surface area (Å²) in [5, 5.41) is 3.56. The van der Waals surface area contributed by atoms with Crippen LogP contribution in [-0.2, 0) is 17.7 Å². The number of carbonyl (C=O) groups is 3. The summed E-state index contributed by atoms with van der Waals surface area (Å²) in [5.41, 5.74) is 7.00. The van der Waals surface area contributed by atoms with Crippen LogP contribution in [0.5, 0.6) is 0 Å². The molecule has 0 spiro atoms. The van der Waals surface area contributed by atoms with Crippen LogP contribution in [0.2, 0.25) is 5.02 Å². The molecule has 1 aromatic carbocycles. The summed E-state index contributed by atoms with van der Waals surface area (Å²) in [4.78, 5) is 38.8. The number of benzene rings is 1. The molecular formula is C18H18ClN3O4S. The van der Waals surface area contributed by atoms with Crippen molar-refractivity contribution in [1.29, 1.82) is 0 Å². The maximum atomic E-state index is 12.5. The Morgan fingerprint density at radius 1 is 1.37 bits per heavy atom. The Kier molecular flexibility index (Phi) is 5.67. The smallest absolute Gasteiger partial charge is 0.410 e. The number of halogens is 1. The highest BCUT2D eigenvalue weighted by molar-refractivity contribution is 7.17. The molecule has 3 N–H and O–H groups in total. The second-order valence-electron chi connectivity index (χ2n) is 5.91. The minimum absolute atomic E-state index is 0.292. The zero-order valence-corrected chi connectivity index (χ0v) is 16.2. The van der Waals surface area contributed by atoms with Crippen LogP contribution in [0.25, 0.3) is 0 Å². The van der Waals surface area contributed by atoms with Crippen LogP contribution in [0.3, 0.4) is 0 Å². The minimum atomic E-state index is -0.613. The molecule has 142 valence electrons. The van der Waals surface area contributed by atoms with E-state index in [1.165, 1.54) is 17.4 Å². The molecule has 7 nitrogen and oxygen atoms in total. The number of anilines is 1. The number of rotatable bonds is 4. The molecule has 0 radical (unpaired) electrons. The summed E-state index contributed by atoms with van der Waals surface area (Å²) in [6.45, 7) is 2.77. The van der Waals surface area contributed by atoms with E-state index < -0.39 is 12.0 Å². The van der Waals surface area contributed by atoms with E-state index in [0.29, 0.717) is 47.3 Å². The normalized spacial score (nSPS) is 13.0. The molecule has 3 amide bonds. The van der Waals surface area contributed by atoms with Gasteiger partial charge in [-0.15, -0.1) is 11.3 Å². The molecule has 0 aliphatic carbocycles. The quantitative estimate of drug-likeness (QED) is 0.811. The molecule has 1 aromatic heterocycles. The predicted molar refractivity (Wildman–Crippen MR) is 103 cm³/mol. The van der Waals surface area contributed by atoms with E-state index in [4.69, 9.17) is 22.1 Å². The lowest BCUT2D eigenvalue weighted by Crippen LogP contribution is -2.36. The number of amides is 3. The first kappa shape index (κ1) is 19.2. The van der Waals surface area contributed by atoms with Crippen LogP contribution in [0.15, 0.2) is 24.3 Å². The van der Waals surface area contributed by atoms with Crippen molar-refractivity contribution in [1.82, 2.24) is 4.90 Å². The molecule has 2 heterocycles. The van der Waals surface area contributed by atoms with Gasteiger partial charge in [-0.1, -0.05) is 17.7 Å². The number of carbonyl (C=O) groups excluding carboxylic acids is 3. The van der Waals surface area contributed by atoms with E-state index in [-0.39, 0.29) is 5.91 Å². The summed E-state index contributed by atoms with van der Waals surface area (Å²) < 4.78 is 5.03. The van der Waals surface area contributed by atoms with Gasteiger partial charge in [0.1, 0.15) is 5.00 Å². The summed E-state index contributed by atoms with van der Waals surface area (Å²) in [6.07, 6.45) is 0.0670. The van der Waals surface area contributed by atoms with Gasteiger partial charge in [0.25, 0.3) is 11.8 Å². The summed E-state index contributed by atoms with van der Waals surface area (Å²) in [5.74, 6) is -1.00. The van der Waals surface area contributed by atoms with Gasteiger partial charge >= 0.3 is 6.09 Å². The molecule has 0 atom stereocenters. The number of hydrogen-bond acceptors (Lipinski definition) is 5. The molecule has 0 saturated heterocycles. The van der Waals surface area contributed by atoms with Crippen LogP contribution in [0.1, 0.15) is 38.1 Å². The van der Waals surface area contributed by atoms with E-state index in [2.05, 4.69) is 5.32 Å². The van der Waals surface area contributed by atoms with Crippen molar-refractivity contribution in [3.05, 3.63) is 50.9 Å². The third-order valence-electron chi connectivity index (χ3n) is 4.14. The predicted octanol–water partition coefficient (Wildman–Crippen LogP) is 3.27. The van der Waals surface area contributed by atoms with Gasteiger partial charge in [-0.2, -0.15) is 0 Å². The topological polar surface area (TPSA) is 102 Å². The van der Waals surface area contributed by atoms with Crippen molar-refractivity contribution in [2.24, 2.45) is 5.73 Å². The van der Waals surface area contributed by atoms with Crippen molar-refractivity contribution in [2.45, 2.75) is 19.9 Å². The van der Waals surface area contributed by atoms with E-state index in [1.807, 2.05) is 0 Å². The first-order valence-electron chi connectivity index (χ1n) is 8.33. The van der Waals surface area contributed by atoms with Gasteiger partial charge in [0.2, 0.25) is 0 Å². The molecule has 27 heavy (non-hydrogen) atoms. The zero-order chi connectivity index (χ0) is 19.6. The molecular weight excluding hydrogens is 390 g/mol. The lowest BCUT2D eigenvalue weighted by atomic mass is 10.0. The Morgan fingerprint density at radius 2 is 2.15 bits per heavy atom. The SMILES string of the molecule is CCOC(=O)N1CCc2c(sc(NC(=O)c3cccc(Cl)c3)c2C(N)=O)C1. The number of ether oxygens (including phenoxy) is 1. The molecule has 0 fully saturated rings. The van der Waals surface area contributed by atoms with Gasteiger partial charge in [-0.3, -0.25) is 9.59 Å². The molecule has 9 heteroatoms. The van der Waals surface area contributed by atoms with Gasteiger partial charge in [0.05, 0.1) is 18.7 Å². The lowest BCUT2D eigenvalue weighted by Gasteiger charge is -2.26. The van der Waals surface area contributed by atoms with Crippen molar-refractivity contribution < 1.29 is 19.1 Å². The second kappa shape index (κ2) is 7.98. The fourth-order valence-corrected chi connectivity index (χ4v) is 4.38. The summed E-state index contributed by atoms with van der Waals surface area (Å²) in [6, 6.07) is 6.50. The molecule has 0 saturated carbocycles. The monoisotopic (exact) mass is 407 g/mol. The lowest BCUT2D eigenvalue weighted by molar-refractivity contribution is 0.0997. The first-order chi connectivity index (χ1) is 12.9. The fourth-order valence-electron chi connectivity index (χ4n) is 2.93. The molecule has 1 aliphatic rings. The van der Waals surface area contributed by atoms with E-state index >= 15 is 0 Å². The number of primary amides is 1. The number of nitrogens with two attached hydrogens (primary N) is 1. The molecule has 1 aliphatic heterocycles. The highest BCUT2D eigenvalue weighted by Crippen LogP contribution is 2.37. The Hall–Kier alpha value is -2.58. The summed E-state index contributed by atoms with van der Waals surface area (Å²) in [7, 11) is 0. The van der Waals surface area contributed by atoms with Crippen LogP contribution < -0.4 is 11.1 Å². The first-order valence-corrected chi connectivity index (χ1v) is 9.53. The zero-order valence-electron chi connectivity index (χ0n) is 14.6. The van der Waals surface area contributed by atoms with Gasteiger partial charge in [-0.05, 0) is 37.1 Å². The molecule has 3 rings (SSSR count). The third kappa shape index (κ3) is 4.06. The van der Waals surface area contributed by atoms with Gasteiger partial charge in [0, 0.05) is 22.0 Å². The van der Waals surface area contributed by atoms with Crippen molar-refractivity contribution in [2.75, 3.05) is 18.5 Å². The van der Waals surface area contributed by atoms with Crippen LogP contribution in [0, 0.1) is 0 Å². The third-order valence-corrected chi connectivity index (χ3v) is 5.51. The number of thiophene rings is 1. The number of hydrogen-bond donors (Lipinski definition) is 2. The molecule has 0 bridgehead atoms. The maximum absolute atomic E-state index is 12.5. The number of nitrogens with zero attached hydrogens (tertiary/aromatic N) is 1. The van der Waals surface area contributed by atoms with E-state index in [9.17, 15) is 14.4 Å². The van der Waals surface area contributed by atoms with E-state index in [1.54, 1.807) is 30.0 Å². The standard InChI is InChI=1S/C18H18ClN3O4S/c1-2-26-18(25)22-7-6-12-13(9-22)27-17(14(12)15(20)23)21-16(24)10-4-3-5-11(19)8-10/h3-5,8H,2,6-7,9H2,1H3,(H2,20,23)(H,21,24). The average molecular weight is 408 g/mol. The average Bonchev–Trinajstić information content (AvgIpc) is 2.98. The van der Waals surface area contributed by atoms with Crippen molar-refractivity contribution in [3.8, 4) is 0 Å². The highest BCUT2D eigenvalue weighted by Gasteiger charge is 2.30. The second-order valence-corrected chi connectivity index (χ2v) is 7.45. The minimum Gasteiger partial charge on any atom is -0.450 e. The summed E-state index contributed by atoms with van der Waals surface area (Å²) >= 11 is 7.17. The Morgan fingerprint density at radius 3 is 2.81 bits per heavy atom. The largest absolute Gasteiger partial charge is 0.450 e. The Balaban J connectivity index is 1.88. The van der Waals surface area contributed by atoms with E-state index in [0.717, 1.165) is 10.4 Å². The number of fused-ring (bicyclic) bond motifs is 1. The molecule has 2 aromatic rings. The van der Waals surface area contributed by atoms with Crippen LogP contribution in [-0.4, -0.2) is 36.0 Å². The number of nitrogens with one attached hydrogen (secondary N) is 1. The van der Waals surface area contributed by atoms with Gasteiger partial charge in [0.15, 0.2) is 0 Å².